The Morgan fingerprint density at radius 2 is 2.20 bits per heavy atom. The van der Waals surface area contributed by atoms with E-state index in [2.05, 4.69) is 9.55 Å². The summed E-state index contributed by atoms with van der Waals surface area (Å²) in [5.74, 6) is 0. The lowest BCUT2D eigenvalue weighted by atomic mass is 9.89. The van der Waals surface area contributed by atoms with Crippen molar-refractivity contribution >= 4 is 16.7 Å². The molecule has 1 heterocycles. The van der Waals surface area contributed by atoms with Gasteiger partial charge in [-0.1, -0.05) is 0 Å². The number of hydrogen-bond donors (Lipinski definition) is 2. The van der Waals surface area contributed by atoms with Crippen LogP contribution >= 0.6 is 0 Å². The molecule has 4 nitrogen and oxygen atoms in total. The smallest absolute Gasteiger partial charge is 0.0960 e. The van der Waals surface area contributed by atoms with E-state index in [1.54, 1.807) is 0 Å². The van der Waals surface area contributed by atoms with Crippen LogP contribution in [0.2, 0.25) is 0 Å². The van der Waals surface area contributed by atoms with Crippen LogP contribution in [0, 0.1) is 0 Å². The van der Waals surface area contributed by atoms with Crippen molar-refractivity contribution in [2.24, 2.45) is 0 Å². The largest absolute Gasteiger partial charge is 0.399 e. The summed E-state index contributed by atoms with van der Waals surface area (Å²) >= 11 is 0. The molecule has 0 radical (unpaired) electrons. The van der Waals surface area contributed by atoms with E-state index < -0.39 is 0 Å². The van der Waals surface area contributed by atoms with Crippen molar-refractivity contribution in [1.29, 1.82) is 0 Å². The van der Waals surface area contributed by atoms with E-state index in [9.17, 15) is 5.11 Å². The molecule has 0 saturated heterocycles. The number of nitrogen functional groups attached to an aromatic ring is 1. The molecule has 0 amide bonds. The minimum atomic E-state index is -0.138. The highest BCUT2D eigenvalue weighted by Gasteiger charge is 2.29. The van der Waals surface area contributed by atoms with E-state index in [4.69, 9.17) is 5.73 Å². The molecule has 15 heavy (non-hydrogen) atoms. The molecule has 1 aliphatic carbocycles. The number of aliphatic hydroxyl groups excluding tert-OH is 1. The van der Waals surface area contributed by atoms with Gasteiger partial charge in [-0.25, -0.2) is 4.98 Å². The minimum Gasteiger partial charge on any atom is -0.399 e. The van der Waals surface area contributed by atoms with Crippen LogP contribution in [0.3, 0.4) is 0 Å². The molecule has 0 bridgehead atoms. The zero-order valence-electron chi connectivity index (χ0n) is 8.30. The lowest BCUT2D eigenvalue weighted by molar-refractivity contribution is 0.0501. The fraction of sp³-hybridized carbons (Fsp3) is 0.364. The topological polar surface area (TPSA) is 64.1 Å². The molecule has 1 fully saturated rings. The van der Waals surface area contributed by atoms with Gasteiger partial charge in [0.2, 0.25) is 0 Å². The van der Waals surface area contributed by atoms with Gasteiger partial charge in [0.15, 0.2) is 0 Å². The van der Waals surface area contributed by atoms with Gasteiger partial charge in [-0.05, 0) is 31.0 Å². The first kappa shape index (κ1) is 8.73. The Hall–Kier alpha value is -1.55. The molecule has 3 N–H and O–H groups in total. The van der Waals surface area contributed by atoms with Crippen LogP contribution in [0.15, 0.2) is 24.5 Å². The number of nitrogens with two attached hydrogens (primary N) is 1. The highest BCUT2D eigenvalue weighted by Crippen LogP contribution is 2.34. The summed E-state index contributed by atoms with van der Waals surface area (Å²) in [7, 11) is 0. The van der Waals surface area contributed by atoms with Crippen LogP contribution in [0.4, 0.5) is 5.69 Å². The second kappa shape index (κ2) is 2.97. The number of aromatic nitrogens is 2. The average Bonchev–Trinajstić information content (AvgIpc) is 2.55. The van der Waals surface area contributed by atoms with Gasteiger partial charge in [-0.3, -0.25) is 0 Å². The molecule has 3 rings (SSSR count). The third-order valence-electron chi connectivity index (χ3n) is 3.08. The maximum Gasteiger partial charge on any atom is 0.0960 e. The van der Waals surface area contributed by atoms with Gasteiger partial charge < -0.3 is 15.4 Å². The number of anilines is 1. The number of imidazole rings is 1. The van der Waals surface area contributed by atoms with E-state index in [0.717, 1.165) is 29.6 Å². The summed E-state index contributed by atoms with van der Waals surface area (Å²) in [6, 6.07) is 6.15. The fourth-order valence-electron chi connectivity index (χ4n) is 2.13. The van der Waals surface area contributed by atoms with Crippen LogP contribution in [-0.2, 0) is 0 Å². The molecule has 0 aliphatic heterocycles. The maximum atomic E-state index is 9.28. The molecule has 0 spiro atoms. The standard InChI is InChI=1S/C11H13N3O/c12-7-1-2-11-10(3-7)13-6-14(11)8-4-9(15)5-8/h1-3,6,8-9,15H,4-5,12H2. The SMILES string of the molecule is Nc1ccc2c(c1)ncn2C1CC(O)C1. The normalized spacial score (nSPS) is 25.4. The van der Waals surface area contributed by atoms with Gasteiger partial charge in [-0.2, -0.15) is 0 Å². The molecule has 1 aliphatic rings. The molecular weight excluding hydrogens is 190 g/mol. The molecule has 4 heteroatoms. The number of rotatable bonds is 1. The summed E-state index contributed by atoms with van der Waals surface area (Å²) in [5.41, 5.74) is 8.45. The molecule has 0 unspecified atom stereocenters. The van der Waals surface area contributed by atoms with Crippen LogP contribution in [0.1, 0.15) is 18.9 Å². The van der Waals surface area contributed by atoms with E-state index in [0.29, 0.717) is 6.04 Å². The van der Waals surface area contributed by atoms with Crippen LogP contribution in [0.5, 0.6) is 0 Å². The Morgan fingerprint density at radius 1 is 1.40 bits per heavy atom. The van der Waals surface area contributed by atoms with Crippen LogP contribution in [-0.4, -0.2) is 20.8 Å². The first-order valence-electron chi connectivity index (χ1n) is 5.14. The van der Waals surface area contributed by atoms with Crippen molar-refractivity contribution in [3.8, 4) is 0 Å². The number of hydrogen-bond acceptors (Lipinski definition) is 3. The average molecular weight is 203 g/mol. The highest BCUT2D eigenvalue weighted by molar-refractivity contribution is 5.79. The molecule has 2 aromatic rings. The maximum absolute atomic E-state index is 9.28. The van der Waals surface area contributed by atoms with Crippen LogP contribution in [0.25, 0.3) is 11.0 Å². The van der Waals surface area contributed by atoms with Gasteiger partial charge in [0.1, 0.15) is 0 Å². The Bertz CT molecular complexity index is 500. The quantitative estimate of drug-likeness (QED) is 0.687. The first-order valence-corrected chi connectivity index (χ1v) is 5.14. The first-order chi connectivity index (χ1) is 7.24. The summed E-state index contributed by atoms with van der Waals surface area (Å²) in [6.07, 6.45) is 3.35. The molecule has 1 aromatic carbocycles. The van der Waals surface area contributed by atoms with E-state index in [1.165, 1.54) is 0 Å². The number of fused-ring (bicyclic) bond motifs is 1. The molecule has 78 valence electrons. The number of aliphatic hydroxyl groups is 1. The van der Waals surface area contributed by atoms with E-state index >= 15 is 0 Å². The number of benzene rings is 1. The predicted molar refractivity (Wildman–Crippen MR) is 58.4 cm³/mol. The number of nitrogens with zero attached hydrogens (tertiary/aromatic N) is 2. The third-order valence-corrected chi connectivity index (χ3v) is 3.08. The van der Waals surface area contributed by atoms with Crippen molar-refractivity contribution in [2.75, 3.05) is 5.73 Å². The van der Waals surface area contributed by atoms with Gasteiger partial charge >= 0.3 is 0 Å². The lowest BCUT2D eigenvalue weighted by Crippen LogP contribution is -2.30. The molecule has 1 aromatic heterocycles. The Kier molecular flexibility index (Phi) is 1.73. The van der Waals surface area contributed by atoms with Gasteiger partial charge in [0, 0.05) is 11.7 Å². The minimum absolute atomic E-state index is 0.138. The van der Waals surface area contributed by atoms with Gasteiger partial charge in [-0.15, -0.1) is 0 Å². The van der Waals surface area contributed by atoms with E-state index in [1.807, 2.05) is 24.5 Å². The molecular formula is C11H13N3O. The summed E-state index contributed by atoms with van der Waals surface area (Å²) < 4.78 is 2.13. The van der Waals surface area contributed by atoms with Crippen LogP contribution < -0.4 is 5.73 Å². The van der Waals surface area contributed by atoms with Crippen molar-refractivity contribution < 1.29 is 5.11 Å². The van der Waals surface area contributed by atoms with E-state index in [-0.39, 0.29) is 6.10 Å². The van der Waals surface area contributed by atoms with Crippen molar-refractivity contribution in [2.45, 2.75) is 25.0 Å². The van der Waals surface area contributed by atoms with Gasteiger partial charge in [0.05, 0.1) is 23.5 Å². The van der Waals surface area contributed by atoms with Crippen molar-refractivity contribution in [1.82, 2.24) is 9.55 Å². The summed E-state index contributed by atoms with van der Waals surface area (Å²) in [5, 5.41) is 9.28. The summed E-state index contributed by atoms with van der Waals surface area (Å²) in [4.78, 5) is 4.31. The highest BCUT2D eigenvalue weighted by atomic mass is 16.3. The van der Waals surface area contributed by atoms with Gasteiger partial charge in [0.25, 0.3) is 0 Å². The third kappa shape index (κ3) is 1.29. The zero-order valence-corrected chi connectivity index (χ0v) is 8.30. The van der Waals surface area contributed by atoms with Crippen molar-refractivity contribution in [3.05, 3.63) is 24.5 Å². The molecule has 1 saturated carbocycles. The second-order valence-corrected chi connectivity index (χ2v) is 4.18. The zero-order chi connectivity index (χ0) is 10.4. The Balaban J connectivity index is 2.05. The lowest BCUT2D eigenvalue weighted by Gasteiger charge is -2.32. The van der Waals surface area contributed by atoms with Crippen molar-refractivity contribution in [3.63, 3.8) is 0 Å². The Morgan fingerprint density at radius 3 is 2.93 bits per heavy atom. The Labute approximate surface area is 87.3 Å². The molecule has 0 atom stereocenters. The fourth-order valence-corrected chi connectivity index (χ4v) is 2.13. The summed E-state index contributed by atoms with van der Waals surface area (Å²) in [6.45, 7) is 0. The second-order valence-electron chi connectivity index (χ2n) is 4.18. The predicted octanol–water partition coefficient (Wildman–Crippen LogP) is 1.31. The monoisotopic (exact) mass is 203 g/mol.